The van der Waals surface area contributed by atoms with Gasteiger partial charge in [0.15, 0.2) is 17.9 Å². The Bertz CT molecular complexity index is 2110. The number of amides is 1. The third kappa shape index (κ3) is 7.90. The number of esters is 1. The molecule has 1 fully saturated rings. The maximum atomic E-state index is 12.7. The van der Waals surface area contributed by atoms with Crippen LogP contribution >= 0.6 is 0 Å². The van der Waals surface area contributed by atoms with E-state index in [2.05, 4.69) is 20.1 Å². The lowest BCUT2D eigenvalue weighted by atomic mass is 10.1. The number of rotatable bonds is 9. The van der Waals surface area contributed by atoms with Crippen LogP contribution < -0.4 is 26.4 Å². The fourth-order valence-electron chi connectivity index (χ4n) is 4.30. The summed E-state index contributed by atoms with van der Waals surface area (Å²) in [6.45, 7) is 5.79. The summed E-state index contributed by atoms with van der Waals surface area (Å²) in [7, 11) is -3.50. The predicted molar refractivity (Wildman–Crippen MR) is 166 cm³/mol. The van der Waals surface area contributed by atoms with E-state index in [9.17, 15) is 27.9 Å². The molecule has 0 radical (unpaired) electrons. The quantitative estimate of drug-likeness (QED) is 0.188. The van der Waals surface area contributed by atoms with Gasteiger partial charge in [-0.3, -0.25) is 9.71 Å². The van der Waals surface area contributed by atoms with Crippen molar-refractivity contribution < 1.29 is 32.6 Å². The molecule has 17 heteroatoms. The monoisotopic (exact) mass is 654 g/mol. The standard InChI is InChI=1S/C29H34N8O8S/c1-16(31-28(41)45-29(2,3)4)26(39)44-15-36-25(38)22(34-27(36)40)12-18-14-30-37-23(32-19-9-10-19)13-21(33-24(18)37)17-7-6-8-20(11-17)35-46(5,42)43/h6-8,11-14,16,19,35,38H,9-10,15H2,1-5H3,(H,31,41)(H,34,40)/t16-/m0/s1. The first kappa shape index (κ1) is 32.2. The zero-order chi connectivity index (χ0) is 33.4. The Morgan fingerprint density at radius 1 is 1.26 bits per heavy atom. The van der Waals surface area contributed by atoms with Crippen molar-refractivity contribution in [1.29, 1.82) is 0 Å². The van der Waals surface area contributed by atoms with E-state index in [1.54, 1.807) is 55.6 Å². The molecular formula is C29H34N8O8S. The number of imidazole rings is 1. The number of aromatic hydroxyl groups is 1. The molecule has 1 aliphatic carbocycles. The van der Waals surface area contributed by atoms with E-state index in [0.29, 0.717) is 33.3 Å². The first-order valence-electron chi connectivity index (χ1n) is 14.3. The average Bonchev–Trinajstić information content (AvgIpc) is 3.61. The van der Waals surface area contributed by atoms with Crippen molar-refractivity contribution in [2.75, 3.05) is 11.0 Å². The highest BCUT2D eigenvalue weighted by molar-refractivity contribution is 7.92. The zero-order valence-electron chi connectivity index (χ0n) is 25.8. The molecule has 0 saturated heterocycles. The number of alkyl carbamates (subject to hydrolysis) is 1. The zero-order valence-corrected chi connectivity index (χ0v) is 26.6. The third-order valence-corrected chi connectivity index (χ3v) is 7.12. The Balaban J connectivity index is 1.45. The maximum Gasteiger partial charge on any atom is 0.408 e. The van der Waals surface area contributed by atoms with Gasteiger partial charge in [0, 0.05) is 22.5 Å². The normalized spacial score (nSPS) is 15.2. The minimum absolute atomic E-state index is 0.00288. The van der Waals surface area contributed by atoms with E-state index in [-0.39, 0.29) is 11.7 Å². The molecule has 0 bridgehead atoms. The largest absolute Gasteiger partial charge is 0.493 e. The molecule has 4 N–H and O–H groups in total. The van der Waals surface area contributed by atoms with Crippen molar-refractivity contribution in [2.24, 2.45) is 4.99 Å². The van der Waals surface area contributed by atoms with Crippen molar-refractivity contribution >= 4 is 39.5 Å². The average molecular weight is 655 g/mol. The van der Waals surface area contributed by atoms with Crippen LogP contribution in [0.3, 0.4) is 0 Å². The minimum atomic E-state index is -3.50. The minimum Gasteiger partial charge on any atom is -0.493 e. The summed E-state index contributed by atoms with van der Waals surface area (Å²) in [5.41, 5.74) is 0.851. The highest BCUT2D eigenvalue weighted by atomic mass is 32.2. The van der Waals surface area contributed by atoms with E-state index in [1.165, 1.54) is 19.2 Å². The fourth-order valence-corrected chi connectivity index (χ4v) is 4.86. The second-order valence-corrected chi connectivity index (χ2v) is 13.6. The van der Waals surface area contributed by atoms with Crippen LogP contribution in [-0.4, -0.2) is 73.7 Å². The Labute approximate surface area is 262 Å². The second-order valence-electron chi connectivity index (χ2n) is 11.9. The summed E-state index contributed by atoms with van der Waals surface area (Å²) >= 11 is 0. The lowest BCUT2D eigenvalue weighted by molar-refractivity contribution is -0.149. The van der Waals surface area contributed by atoms with Gasteiger partial charge in [-0.1, -0.05) is 12.1 Å². The third-order valence-electron chi connectivity index (χ3n) is 6.51. The SMILES string of the molecule is C[C@H](NC(=O)OC(C)(C)C)C(=O)OCn1c(O)c(C=c2cnn3c(=NC4CC4)cc(-c4cccc(NS(C)(=O)=O)c4)nc23)[nH]c1=O. The Morgan fingerprint density at radius 2 is 2.00 bits per heavy atom. The van der Waals surface area contributed by atoms with Gasteiger partial charge >= 0.3 is 17.8 Å². The second kappa shape index (κ2) is 12.3. The Morgan fingerprint density at radius 3 is 2.67 bits per heavy atom. The maximum absolute atomic E-state index is 12.7. The number of benzene rings is 1. The molecule has 0 aliphatic heterocycles. The summed E-state index contributed by atoms with van der Waals surface area (Å²) in [6.07, 6.45) is 5.09. The summed E-state index contributed by atoms with van der Waals surface area (Å²) in [5, 5.41) is 18.0. The molecule has 46 heavy (non-hydrogen) atoms. The number of anilines is 1. The number of aromatic nitrogens is 5. The molecule has 3 aromatic heterocycles. The molecule has 3 heterocycles. The number of hydrogen-bond donors (Lipinski definition) is 4. The van der Waals surface area contributed by atoms with Gasteiger partial charge in [0.25, 0.3) is 0 Å². The summed E-state index contributed by atoms with van der Waals surface area (Å²) < 4.78 is 38.6. The van der Waals surface area contributed by atoms with E-state index < -0.39 is 52.0 Å². The number of ether oxygens (including phenoxy) is 2. The van der Waals surface area contributed by atoms with Gasteiger partial charge in [-0.15, -0.1) is 0 Å². The molecule has 0 spiro atoms. The number of sulfonamides is 1. The van der Waals surface area contributed by atoms with E-state index >= 15 is 0 Å². The highest BCUT2D eigenvalue weighted by Gasteiger charge is 2.23. The van der Waals surface area contributed by atoms with Gasteiger partial charge in [-0.05, 0) is 58.7 Å². The highest BCUT2D eigenvalue weighted by Crippen LogP contribution is 2.24. The van der Waals surface area contributed by atoms with Crippen LogP contribution in [0.2, 0.25) is 0 Å². The van der Waals surface area contributed by atoms with Crippen molar-refractivity contribution in [3.8, 4) is 17.1 Å². The van der Waals surface area contributed by atoms with Crippen molar-refractivity contribution in [1.82, 2.24) is 29.5 Å². The van der Waals surface area contributed by atoms with Crippen molar-refractivity contribution in [3.63, 3.8) is 0 Å². The molecule has 1 atom stereocenters. The Hall–Kier alpha value is -5.19. The number of aromatic amines is 1. The van der Waals surface area contributed by atoms with Crippen LogP contribution in [0.4, 0.5) is 10.5 Å². The molecule has 1 aromatic carbocycles. The van der Waals surface area contributed by atoms with Crippen LogP contribution in [0.25, 0.3) is 23.0 Å². The predicted octanol–water partition coefficient (Wildman–Crippen LogP) is 0.988. The number of H-pyrrole nitrogens is 1. The van der Waals surface area contributed by atoms with Crippen LogP contribution in [0.1, 0.15) is 46.2 Å². The van der Waals surface area contributed by atoms with Gasteiger partial charge in [0.1, 0.15) is 17.3 Å². The molecule has 1 amide bonds. The lowest BCUT2D eigenvalue weighted by Crippen LogP contribution is -2.42. The van der Waals surface area contributed by atoms with Crippen LogP contribution in [0.15, 0.2) is 46.3 Å². The molecule has 244 valence electrons. The van der Waals surface area contributed by atoms with Crippen LogP contribution in [0, 0.1) is 0 Å². The lowest BCUT2D eigenvalue weighted by Gasteiger charge is -2.21. The van der Waals surface area contributed by atoms with Crippen LogP contribution in [0.5, 0.6) is 5.88 Å². The topological polar surface area (TPSA) is 211 Å². The molecule has 0 unspecified atom stereocenters. The van der Waals surface area contributed by atoms with Gasteiger partial charge < -0.3 is 24.9 Å². The number of nitrogens with zero attached hydrogens (tertiary/aromatic N) is 5. The molecule has 1 aliphatic rings. The van der Waals surface area contributed by atoms with Gasteiger partial charge in [0.2, 0.25) is 15.9 Å². The molecule has 5 rings (SSSR count). The van der Waals surface area contributed by atoms with E-state index in [1.807, 2.05) is 0 Å². The Kier molecular flexibility index (Phi) is 8.62. The smallest absolute Gasteiger partial charge is 0.408 e. The number of nitrogens with one attached hydrogen (secondary N) is 3. The van der Waals surface area contributed by atoms with Gasteiger partial charge in [0.05, 0.1) is 24.2 Å². The van der Waals surface area contributed by atoms with Crippen molar-refractivity contribution in [3.05, 3.63) is 63.4 Å². The summed E-state index contributed by atoms with van der Waals surface area (Å²) in [4.78, 5) is 49.1. The number of carbonyl (C=O) groups excluding carboxylic acids is 2. The van der Waals surface area contributed by atoms with Crippen molar-refractivity contribution in [2.45, 2.75) is 65.0 Å². The van der Waals surface area contributed by atoms with E-state index in [0.717, 1.165) is 23.7 Å². The first-order valence-corrected chi connectivity index (χ1v) is 16.2. The summed E-state index contributed by atoms with van der Waals surface area (Å²) in [5.74, 6) is -1.37. The van der Waals surface area contributed by atoms with E-state index in [4.69, 9.17) is 19.5 Å². The molecule has 16 nitrogen and oxygen atoms in total. The molecular weight excluding hydrogens is 620 g/mol. The van der Waals surface area contributed by atoms with Crippen LogP contribution in [-0.2, 0) is 31.0 Å². The van der Waals surface area contributed by atoms with Gasteiger partial charge in [-0.25, -0.2) is 32.4 Å². The summed E-state index contributed by atoms with van der Waals surface area (Å²) in [6, 6.07) is 7.56. The van der Waals surface area contributed by atoms with Gasteiger partial charge in [-0.2, -0.15) is 9.61 Å². The fraction of sp³-hybridized carbons (Fsp3) is 0.379. The first-order chi connectivity index (χ1) is 21.6. The molecule has 4 aromatic rings. The molecule has 1 saturated carbocycles. The number of carbonyl (C=O) groups is 2. The number of hydrogen-bond acceptors (Lipinski definition) is 11. The number of fused-ring (bicyclic) bond motifs is 1.